The fraction of sp³-hybridized carbons (Fsp3) is 0.471. The van der Waals surface area contributed by atoms with Gasteiger partial charge in [-0.05, 0) is 38.3 Å². The first-order valence-electron chi connectivity index (χ1n) is 7.81. The normalized spacial score (nSPS) is 18.2. The third-order valence-corrected chi connectivity index (χ3v) is 3.68. The predicted octanol–water partition coefficient (Wildman–Crippen LogP) is 1.23. The van der Waals surface area contributed by atoms with Crippen LogP contribution in [0.25, 0.3) is 0 Å². The number of hydrogen-bond donors (Lipinski definition) is 1. The maximum Gasteiger partial charge on any atom is 0.330 e. The summed E-state index contributed by atoms with van der Waals surface area (Å²) in [6.45, 7) is 2.55. The summed E-state index contributed by atoms with van der Waals surface area (Å²) in [5, 5.41) is 2.96. The van der Waals surface area contributed by atoms with Crippen LogP contribution in [-0.2, 0) is 30.3 Å². The Morgan fingerprint density at radius 1 is 1.22 bits per heavy atom. The number of carbonyl (C=O) groups is 3. The molecule has 1 fully saturated rings. The van der Waals surface area contributed by atoms with Crippen LogP contribution in [0.3, 0.4) is 0 Å². The van der Waals surface area contributed by atoms with E-state index in [0.717, 1.165) is 18.5 Å². The maximum absolute atomic E-state index is 12.3. The van der Waals surface area contributed by atoms with E-state index in [0.29, 0.717) is 6.42 Å². The summed E-state index contributed by atoms with van der Waals surface area (Å²) in [6.07, 6.45) is 1.64. The van der Waals surface area contributed by atoms with Crippen LogP contribution in [-0.4, -0.2) is 37.1 Å². The molecule has 2 rings (SSSR count). The van der Waals surface area contributed by atoms with Crippen molar-refractivity contribution < 1.29 is 23.9 Å². The molecule has 0 aliphatic carbocycles. The lowest BCUT2D eigenvalue weighted by Gasteiger charge is -2.15. The van der Waals surface area contributed by atoms with Crippen molar-refractivity contribution in [3.63, 3.8) is 0 Å². The summed E-state index contributed by atoms with van der Waals surface area (Å²) in [5.74, 6) is -3.29. The standard InChI is InChI=1S/C17H21NO5/c1-2-22-15(19)13(11-12-7-4-3-5-8-12)16(20)23-17(21)14-9-6-10-18-14/h3-5,7-8,13-14,18H,2,6,9-11H2,1H3/t13?,14-/m0/s1. The maximum atomic E-state index is 12.3. The summed E-state index contributed by atoms with van der Waals surface area (Å²) in [6, 6.07) is 8.61. The molecule has 1 unspecified atom stereocenters. The second-order valence-corrected chi connectivity index (χ2v) is 5.38. The van der Waals surface area contributed by atoms with E-state index in [-0.39, 0.29) is 13.0 Å². The first-order valence-corrected chi connectivity index (χ1v) is 7.81. The van der Waals surface area contributed by atoms with E-state index < -0.39 is 29.9 Å². The van der Waals surface area contributed by atoms with Gasteiger partial charge in [-0.15, -0.1) is 0 Å². The van der Waals surface area contributed by atoms with Gasteiger partial charge in [0.05, 0.1) is 6.61 Å². The minimum atomic E-state index is -1.14. The Balaban J connectivity index is 2.04. The van der Waals surface area contributed by atoms with Gasteiger partial charge in [0.25, 0.3) is 0 Å². The van der Waals surface area contributed by atoms with Crippen LogP contribution < -0.4 is 5.32 Å². The number of rotatable bonds is 6. The van der Waals surface area contributed by atoms with E-state index in [1.165, 1.54) is 0 Å². The van der Waals surface area contributed by atoms with Crippen molar-refractivity contribution in [3.05, 3.63) is 35.9 Å². The zero-order chi connectivity index (χ0) is 16.7. The second-order valence-electron chi connectivity index (χ2n) is 5.38. The average Bonchev–Trinajstić information content (AvgIpc) is 3.08. The van der Waals surface area contributed by atoms with Crippen molar-refractivity contribution in [1.82, 2.24) is 5.32 Å². The Morgan fingerprint density at radius 3 is 2.57 bits per heavy atom. The first kappa shape index (κ1) is 17.1. The van der Waals surface area contributed by atoms with Crippen molar-refractivity contribution in [2.45, 2.75) is 32.2 Å². The zero-order valence-electron chi connectivity index (χ0n) is 13.1. The molecule has 124 valence electrons. The molecule has 1 N–H and O–H groups in total. The molecule has 1 aromatic rings. The Labute approximate surface area is 135 Å². The van der Waals surface area contributed by atoms with Crippen LogP contribution in [0.4, 0.5) is 0 Å². The lowest BCUT2D eigenvalue weighted by molar-refractivity contribution is -0.169. The lowest BCUT2D eigenvalue weighted by Crippen LogP contribution is -2.38. The number of nitrogens with one attached hydrogen (secondary N) is 1. The van der Waals surface area contributed by atoms with Gasteiger partial charge in [-0.1, -0.05) is 30.3 Å². The van der Waals surface area contributed by atoms with Crippen molar-refractivity contribution in [1.29, 1.82) is 0 Å². The number of esters is 3. The monoisotopic (exact) mass is 319 g/mol. The first-order chi connectivity index (χ1) is 11.1. The van der Waals surface area contributed by atoms with Crippen LogP contribution in [0.5, 0.6) is 0 Å². The Kier molecular flexibility index (Phi) is 6.29. The molecule has 1 saturated heterocycles. The van der Waals surface area contributed by atoms with Crippen molar-refractivity contribution in [2.24, 2.45) is 5.92 Å². The molecule has 0 radical (unpaired) electrons. The molecule has 1 aromatic carbocycles. The van der Waals surface area contributed by atoms with Crippen molar-refractivity contribution >= 4 is 17.9 Å². The van der Waals surface area contributed by atoms with Gasteiger partial charge in [-0.3, -0.25) is 9.59 Å². The molecule has 1 aliphatic rings. The molecule has 23 heavy (non-hydrogen) atoms. The Bertz CT molecular complexity index is 551. The van der Waals surface area contributed by atoms with Crippen LogP contribution in [0.15, 0.2) is 30.3 Å². The highest BCUT2D eigenvalue weighted by molar-refractivity contribution is 6.00. The minimum absolute atomic E-state index is 0.143. The molecular formula is C17H21NO5. The van der Waals surface area contributed by atoms with E-state index in [2.05, 4.69) is 5.32 Å². The highest BCUT2D eigenvalue weighted by atomic mass is 16.6. The summed E-state index contributed by atoms with van der Waals surface area (Å²) < 4.78 is 9.83. The van der Waals surface area contributed by atoms with Crippen LogP contribution in [0, 0.1) is 5.92 Å². The topological polar surface area (TPSA) is 81.7 Å². The van der Waals surface area contributed by atoms with Gasteiger partial charge >= 0.3 is 17.9 Å². The van der Waals surface area contributed by atoms with Gasteiger partial charge in [-0.25, -0.2) is 4.79 Å². The van der Waals surface area contributed by atoms with Gasteiger partial charge in [0.2, 0.25) is 0 Å². The molecule has 2 atom stereocenters. The number of ether oxygens (including phenoxy) is 2. The van der Waals surface area contributed by atoms with Crippen LogP contribution in [0.1, 0.15) is 25.3 Å². The third kappa shape index (κ3) is 4.89. The highest BCUT2D eigenvalue weighted by Crippen LogP contribution is 2.14. The largest absolute Gasteiger partial charge is 0.465 e. The summed E-state index contributed by atoms with van der Waals surface area (Å²) in [7, 11) is 0. The summed E-state index contributed by atoms with van der Waals surface area (Å²) >= 11 is 0. The van der Waals surface area contributed by atoms with E-state index >= 15 is 0 Å². The SMILES string of the molecule is CCOC(=O)C(Cc1ccccc1)C(=O)OC(=O)[C@@H]1CCCN1. The molecule has 6 nitrogen and oxygen atoms in total. The van der Waals surface area contributed by atoms with E-state index in [1.807, 2.05) is 18.2 Å². The zero-order valence-corrected chi connectivity index (χ0v) is 13.1. The number of carbonyl (C=O) groups excluding carboxylic acids is 3. The second kappa shape index (κ2) is 8.43. The number of hydrogen-bond acceptors (Lipinski definition) is 6. The van der Waals surface area contributed by atoms with E-state index in [9.17, 15) is 14.4 Å². The van der Waals surface area contributed by atoms with Crippen LogP contribution in [0.2, 0.25) is 0 Å². The highest BCUT2D eigenvalue weighted by Gasteiger charge is 2.34. The lowest BCUT2D eigenvalue weighted by atomic mass is 9.99. The van der Waals surface area contributed by atoms with Gasteiger partial charge in [-0.2, -0.15) is 0 Å². The smallest absolute Gasteiger partial charge is 0.330 e. The quantitative estimate of drug-likeness (QED) is 0.627. The van der Waals surface area contributed by atoms with Crippen molar-refractivity contribution in [2.75, 3.05) is 13.2 Å². The molecular weight excluding hydrogens is 298 g/mol. The molecule has 0 aromatic heterocycles. The Hall–Kier alpha value is -2.21. The molecule has 0 saturated carbocycles. The van der Waals surface area contributed by atoms with Gasteiger partial charge in [0.15, 0.2) is 5.92 Å². The molecule has 0 bridgehead atoms. The van der Waals surface area contributed by atoms with E-state index in [1.54, 1.807) is 19.1 Å². The van der Waals surface area contributed by atoms with Gasteiger partial charge in [0.1, 0.15) is 6.04 Å². The molecule has 6 heteroatoms. The predicted molar refractivity (Wildman–Crippen MR) is 82.4 cm³/mol. The molecule has 1 aliphatic heterocycles. The van der Waals surface area contributed by atoms with Gasteiger partial charge < -0.3 is 14.8 Å². The Morgan fingerprint density at radius 2 is 1.96 bits per heavy atom. The fourth-order valence-electron chi connectivity index (χ4n) is 2.48. The van der Waals surface area contributed by atoms with E-state index in [4.69, 9.17) is 9.47 Å². The number of benzene rings is 1. The summed E-state index contributed by atoms with van der Waals surface area (Å²) in [5.41, 5.74) is 0.800. The average molecular weight is 319 g/mol. The fourth-order valence-corrected chi connectivity index (χ4v) is 2.48. The van der Waals surface area contributed by atoms with Gasteiger partial charge in [0, 0.05) is 0 Å². The van der Waals surface area contributed by atoms with Crippen LogP contribution >= 0.6 is 0 Å². The third-order valence-electron chi connectivity index (χ3n) is 3.68. The summed E-state index contributed by atoms with van der Waals surface area (Å²) in [4.78, 5) is 36.2. The molecule has 0 spiro atoms. The minimum Gasteiger partial charge on any atom is -0.465 e. The molecule has 0 amide bonds. The molecule has 1 heterocycles. The van der Waals surface area contributed by atoms with Crippen molar-refractivity contribution in [3.8, 4) is 0 Å².